The van der Waals surface area contributed by atoms with Gasteiger partial charge in [-0.1, -0.05) is 0 Å². The first-order valence-corrected chi connectivity index (χ1v) is 6.06. The summed E-state index contributed by atoms with van der Waals surface area (Å²) in [6, 6.07) is 5.06. The van der Waals surface area contributed by atoms with Gasteiger partial charge < -0.3 is 10.1 Å². The summed E-state index contributed by atoms with van der Waals surface area (Å²) in [5.41, 5.74) is 1.61. The molecule has 98 valence electrons. The minimum absolute atomic E-state index is 0.0945. The zero-order chi connectivity index (χ0) is 13.3. The maximum absolute atomic E-state index is 10.8. The average molecular weight is 250 g/mol. The summed E-state index contributed by atoms with van der Waals surface area (Å²) in [7, 11) is 0. The van der Waals surface area contributed by atoms with Crippen LogP contribution in [0.25, 0.3) is 0 Å². The van der Waals surface area contributed by atoms with Crippen LogP contribution in [-0.4, -0.2) is 23.2 Å². The lowest BCUT2D eigenvalue weighted by Gasteiger charge is -2.30. The highest BCUT2D eigenvalue weighted by Crippen LogP contribution is 2.31. The van der Waals surface area contributed by atoms with Crippen LogP contribution in [-0.2, 0) is 4.74 Å². The van der Waals surface area contributed by atoms with Crippen molar-refractivity contribution in [1.82, 2.24) is 0 Å². The Balaban J connectivity index is 2.26. The summed E-state index contributed by atoms with van der Waals surface area (Å²) >= 11 is 0. The number of nitro groups is 1. The van der Waals surface area contributed by atoms with Crippen LogP contribution < -0.4 is 5.32 Å². The molecule has 5 nitrogen and oxygen atoms in total. The second-order valence-corrected chi connectivity index (χ2v) is 5.12. The van der Waals surface area contributed by atoms with Crippen LogP contribution in [0.15, 0.2) is 18.2 Å². The van der Waals surface area contributed by atoms with Crippen molar-refractivity contribution in [1.29, 1.82) is 0 Å². The summed E-state index contributed by atoms with van der Waals surface area (Å²) in [5, 5.41) is 14.2. The normalized spacial score (nSPS) is 27.2. The van der Waals surface area contributed by atoms with Gasteiger partial charge in [0.25, 0.3) is 5.69 Å². The van der Waals surface area contributed by atoms with Gasteiger partial charge in [-0.15, -0.1) is 0 Å². The number of nitrogens with one attached hydrogen (secondary N) is 1. The molecule has 1 fully saturated rings. The molecule has 2 atom stereocenters. The van der Waals surface area contributed by atoms with Gasteiger partial charge in [-0.05, 0) is 38.8 Å². The van der Waals surface area contributed by atoms with E-state index >= 15 is 0 Å². The lowest BCUT2D eigenvalue weighted by atomic mass is 9.94. The van der Waals surface area contributed by atoms with Gasteiger partial charge in [0.15, 0.2) is 0 Å². The Morgan fingerprint density at radius 2 is 2.22 bits per heavy atom. The fourth-order valence-corrected chi connectivity index (χ4v) is 2.27. The summed E-state index contributed by atoms with van der Waals surface area (Å²) in [6.07, 6.45) is 0.993. The van der Waals surface area contributed by atoms with Crippen molar-refractivity contribution in [3.63, 3.8) is 0 Å². The summed E-state index contributed by atoms with van der Waals surface area (Å²) in [6.45, 7) is 6.68. The molecule has 2 rings (SSSR count). The van der Waals surface area contributed by atoms with Gasteiger partial charge in [-0.25, -0.2) is 0 Å². The average Bonchev–Trinajstić information content (AvgIpc) is 2.58. The molecule has 0 amide bonds. The molecular formula is C13H18N2O3. The molecule has 0 radical (unpaired) electrons. The lowest BCUT2D eigenvalue weighted by Crippen LogP contribution is -2.41. The third-order valence-electron chi connectivity index (χ3n) is 3.59. The predicted molar refractivity (Wildman–Crippen MR) is 69.9 cm³/mol. The minimum Gasteiger partial charge on any atom is -0.377 e. The molecule has 1 aliphatic heterocycles. The van der Waals surface area contributed by atoms with E-state index in [-0.39, 0.29) is 22.3 Å². The molecule has 1 aliphatic rings. The number of aryl methyl sites for hydroxylation is 1. The number of rotatable bonds is 3. The molecule has 2 unspecified atom stereocenters. The fourth-order valence-electron chi connectivity index (χ4n) is 2.27. The number of nitro benzene ring substituents is 1. The standard InChI is InChI=1S/C13H18N2O3/c1-9-6-11(8-12(7-9)15(16)17)14-13(3)4-5-18-10(13)2/h6-8,10,14H,4-5H2,1-3H3. The second-order valence-electron chi connectivity index (χ2n) is 5.12. The Morgan fingerprint density at radius 3 is 2.78 bits per heavy atom. The van der Waals surface area contributed by atoms with Crippen LogP contribution in [0.5, 0.6) is 0 Å². The Labute approximate surface area is 106 Å². The Morgan fingerprint density at radius 1 is 1.50 bits per heavy atom. The van der Waals surface area contributed by atoms with Crippen LogP contribution in [0.1, 0.15) is 25.8 Å². The Bertz CT molecular complexity index is 475. The summed E-state index contributed by atoms with van der Waals surface area (Å²) in [5.74, 6) is 0. The SMILES string of the molecule is Cc1cc(NC2(C)CCOC2C)cc([N+](=O)[O-])c1. The van der Waals surface area contributed by atoms with Crippen LogP contribution in [0.3, 0.4) is 0 Å². The van der Waals surface area contributed by atoms with Gasteiger partial charge >= 0.3 is 0 Å². The monoisotopic (exact) mass is 250 g/mol. The summed E-state index contributed by atoms with van der Waals surface area (Å²) in [4.78, 5) is 10.5. The number of benzene rings is 1. The first kappa shape index (κ1) is 12.8. The third kappa shape index (κ3) is 2.46. The predicted octanol–water partition coefficient (Wildman–Crippen LogP) is 2.88. The second kappa shape index (κ2) is 4.57. The van der Waals surface area contributed by atoms with Crippen molar-refractivity contribution in [2.45, 2.75) is 38.8 Å². The molecule has 1 saturated heterocycles. The number of hydrogen-bond donors (Lipinski definition) is 1. The van der Waals surface area contributed by atoms with Crippen molar-refractivity contribution < 1.29 is 9.66 Å². The third-order valence-corrected chi connectivity index (χ3v) is 3.59. The summed E-state index contributed by atoms with van der Waals surface area (Å²) < 4.78 is 5.55. The zero-order valence-electron chi connectivity index (χ0n) is 10.9. The van der Waals surface area contributed by atoms with Crippen LogP contribution >= 0.6 is 0 Å². The molecule has 0 aromatic heterocycles. The molecule has 18 heavy (non-hydrogen) atoms. The van der Waals surface area contributed by atoms with Crippen molar-refractivity contribution in [3.05, 3.63) is 33.9 Å². The number of non-ortho nitro benzene ring substituents is 1. The van der Waals surface area contributed by atoms with Crippen LogP contribution in [0.2, 0.25) is 0 Å². The van der Waals surface area contributed by atoms with E-state index in [1.807, 2.05) is 19.9 Å². The largest absolute Gasteiger partial charge is 0.377 e. The molecule has 0 spiro atoms. The first-order valence-electron chi connectivity index (χ1n) is 6.06. The van der Waals surface area contributed by atoms with E-state index in [4.69, 9.17) is 4.74 Å². The zero-order valence-corrected chi connectivity index (χ0v) is 10.9. The first-order chi connectivity index (χ1) is 8.40. The van der Waals surface area contributed by atoms with Gasteiger partial charge in [-0.3, -0.25) is 10.1 Å². The van der Waals surface area contributed by atoms with Gasteiger partial charge in [0.05, 0.1) is 16.6 Å². The fraction of sp³-hybridized carbons (Fsp3) is 0.538. The highest BCUT2D eigenvalue weighted by Gasteiger charge is 2.37. The minimum atomic E-state index is -0.366. The van der Waals surface area contributed by atoms with E-state index in [2.05, 4.69) is 12.2 Å². The van der Waals surface area contributed by atoms with Gasteiger partial charge in [0.1, 0.15) is 0 Å². The molecule has 0 bridgehead atoms. The number of hydrogen-bond acceptors (Lipinski definition) is 4. The highest BCUT2D eigenvalue weighted by molar-refractivity contribution is 5.55. The molecule has 0 saturated carbocycles. The van der Waals surface area contributed by atoms with Crippen molar-refractivity contribution >= 4 is 11.4 Å². The van der Waals surface area contributed by atoms with Crippen LogP contribution in [0.4, 0.5) is 11.4 Å². The Kier molecular flexibility index (Phi) is 3.26. The lowest BCUT2D eigenvalue weighted by molar-refractivity contribution is -0.384. The van der Waals surface area contributed by atoms with E-state index in [1.54, 1.807) is 12.1 Å². The van der Waals surface area contributed by atoms with E-state index in [0.29, 0.717) is 0 Å². The van der Waals surface area contributed by atoms with Crippen molar-refractivity contribution in [2.75, 3.05) is 11.9 Å². The maximum atomic E-state index is 10.8. The molecule has 0 aliphatic carbocycles. The van der Waals surface area contributed by atoms with E-state index in [0.717, 1.165) is 24.3 Å². The number of nitrogens with zero attached hydrogens (tertiary/aromatic N) is 1. The molecule has 1 aromatic rings. The molecule has 1 heterocycles. The molecular weight excluding hydrogens is 232 g/mol. The van der Waals surface area contributed by atoms with Gasteiger partial charge in [0, 0.05) is 24.4 Å². The van der Waals surface area contributed by atoms with Gasteiger partial charge in [0.2, 0.25) is 0 Å². The smallest absolute Gasteiger partial charge is 0.271 e. The number of ether oxygens (including phenoxy) is 1. The Hall–Kier alpha value is -1.62. The van der Waals surface area contributed by atoms with E-state index < -0.39 is 0 Å². The molecule has 1 N–H and O–H groups in total. The molecule has 5 heteroatoms. The highest BCUT2D eigenvalue weighted by atomic mass is 16.6. The van der Waals surface area contributed by atoms with Crippen molar-refractivity contribution in [3.8, 4) is 0 Å². The van der Waals surface area contributed by atoms with E-state index in [1.165, 1.54) is 0 Å². The number of anilines is 1. The topological polar surface area (TPSA) is 64.4 Å². The maximum Gasteiger partial charge on any atom is 0.271 e. The quantitative estimate of drug-likeness (QED) is 0.661. The van der Waals surface area contributed by atoms with E-state index in [9.17, 15) is 10.1 Å². The molecule has 1 aromatic carbocycles. The van der Waals surface area contributed by atoms with Gasteiger partial charge in [-0.2, -0.15) is 0 Å². The van der Waals surface area contributed by atoms with Crippen molar-refractivity contribution in [2.24, 2.45) is 0 Å². The van der Waals surface area contributed by atoms with Crippen LogP contribution in [0, 0.1) is 17.0 Å².